The van der Waals surface area contributed by atoms with Crippen molar-refractivity contribution >= 4 is 11.9 Å². The molecule has 0 aromatic carbocycles. The van der Waals surface area contributed by atoms with Gasteiger partial charge in [0.15, 0.2) is 6.10 Å². The SMILES string of the molecule is C[C@H](OC(=O)C1CCCC1)C(=O)NC12CC3CC(CC(C3)C1)C2. The Balaban J connectivity index is 1.35. The molecule has 5 saturated carbocycles. The number of carbonyl (C=O) groups is 2. The summed E-state index contributed by atoms with van der Waals surface area (Å²) in [4.78, 5) is 24.7. The standard InChI is InChI=1S/C19H29NO3/c1-12(23-18(22)16-4-2-3-5-16)17(21)20-19-9-13-6-14(10-19)8-15(7-13)11-19/h12-16H,2-11H2,1H3,(H,20,21)/t12-,13?,14?,15?,19?/m0/s1. The van der Waals surface area contributed by atoms with Crippen molar-refractivity contribution < 1.29 is 14.3 Å². The van der Waals surface area contributed by atoms with Crippen LogP contribution in [0.5, 0.6) is 0 Å². The minimum absolute atomic E-state index is 0.000139. The molecule has 4 bridgehead atoms. The number of hydrogen-bond acceptors (Lipinski definition) is 3. The summed E-state index contributed by atoms with van der Waals surface area (Å²) in [7, 11) is 0. The van der Waals surface area contributed by atoms with Crippen molar-refractivity contribution in [2.45, 2.75) is 82.8 Å². The van der Waals surface area contributed by atoms with Gasteiger partial charge in [0.05, 0.1) is 5.92 Å². The summed E-state index contributed by atoms with van der Waals surface area (Å²) < 4.78 is 5.46. The smallest absolute Gasteiger partial charge is 0.309 e. The van der Waals surface area contributed by atoms with Crippen molar-refractivity contribution in [3.63, 3.8) is 0 Å². The monoisotopic (exact) mass is 319 g/mol. The van der Waals surface area contributed by atoms with Gasteiger partial charge in [0.25, 0.3) is 5.91 Å². The molecule has 128 valence electrons. The molecule has 4 nitrogen and oxygen atoms in total. The Kier molecular flexibility index (Phi) is 3.89. The Morgan fingerprint density at radius 3 is 2.04 bits per heavy atom. The molecule has 1 amide bonds. The van der Waals surface area contributed by atoms with Gasteiger partial charge in [-0.25, -0.2) is 0 Å². The number of amides is 1. The van der Waals surface area contributed by atoms with Crippen LogP contribution in [0.4, 0.5) is 0 Å². The first-order valence-corrected chi connectivity index (χ1v) is 9.55. The molecule has 0 unspecified atom stereocenters. The summed E-state index contributed by atoms with van der Waals surface area (Å²) in [5.74, 6) is 2.17. The quantitative estimate of drug-likeness (QED) is 0.810. The van der Waals surface area contributed by atoms with Crippen molar-refractivity contribution in [2.75, 3.05) is 0 Å². The Morgan fingerprint density at radius 1 is 1.00 bits per heavy atom. The van der Waals surface area contributed by atoms with Crippen LogP contribution in [0.25, 0.3) is 0 Å². The molecule has 5 aliphatic rings. The van der Waals surface area contributed by atoms with Crippen molar-refractivity contribution in [3.05, 3.63) is 0 Å². The molecular formula is C19H29NO3. The Hall–Kier alpha value is -1.06. The van der Waals surface area contributed by atoms with Crippen molar-refractivity contribution in [3.8, 4) is 0 Å². The number of ether oxygens (including phenoxy) is 1. The van der Waals surface area contributed by atoms with Gasteiger partial charge >= 0.3 is 5.97 Å². The second kappa shape index (κ2) is 5.78. The fraction of sp³-hybridized carbons (Fsp3) is 0.895. The molecule has 0 heterocycles. The summed E-state index contributed by atoms with van der Waals surface area (Å²) in [6.45, 7) is 1.72. The van der Waals surface area contributed by atoms with Crippen molar-refractivity contribution in [1.82, 2.24) is 5.32 Å². The molecule has 5 aliphatic carbocycles. The first kappa shape index (κ1) is 15.5. The number of esters is 1. The van der Waals surface area contributed by atoms with Crippen molar-refractivity contribution in [2.24, 2.45) is 23.7 Å². The van der Waals surface area contributed by atoms with E-state index in [4.69, 9.17) is 4.74 Å². The molecule has 1 atom stereocenters. The lowest BCUT2D eigenvalue weighted by Gasteiger charge is -2.57. The molecule has 1 N–H and O–H groups in total. The zero-order valence-corrected chi connectivity index (χ0v) is 14.2. The van der Waals surface area contributed by atoms with Gasteiger partial charge in [-0.1, -0.05) is 12.8 Å². The van der Waals surface area contributed by atoms with E-state index in [0.29, 0.717) is 0 Å². The van der Waals surface area contributed by atoms with Gasteiger partial charge < -0.3 is 10.1 Å². The van der Waals surface area contributed by atoms with Gasteiger partial charge in [0, 0.05) is 5.54 Å². The maximum atomic E-state index is 12.6. The van der Waals surface area contributed by atoms with Gasteiger partial charge in [-0.3, -0.25) is 9.59 Å². The van der Waals surface area contributed by atoms with Gasteiger partial charge in [0.1, 0.15) is 0 Å². The minimum atomic E-state index is -0.656. The van der Waals surface area contributed by atoms with E-state index in [2.05, 4.69) is 5.32 Å². The molecule has 0 aromatic heterocycles. The van der Waals surface area contributed by atoms with Gasteiger partial charge in [-0.15, -0.1) is 0 Å². The Labute approximate surface area is 138 Å². The van der Waals surface area contributed by atoms with Crippen LogP contribution in [0.2, 0.25) is 0 Å². The minimum Gasteiger partial charge on any atom is -0.452 e. The number of nitrogens with one attached hydrogen (secondary N) is 1. The van der Waals surface area contributed by atoms with Crippen LogP contribution in [0.1, 0.15) is 71.1 Å². The first-order chi connectivity index (χ1) is 11.0. The highest BCUT2D eigenvalue weighted by molar-refractivity contribution is 5.84. The van der Waals surface area contributed by atoms with Crippen LogP contribution < -0.4 is 5.32 Å². The Morgan fingerprint density at radius 2 is 1.52 bits per heavy atom. The normalized spacial score (nSPS) is 40.1. The van der Waals surface area contributed by atoms with Crippen LogP contribution in [-0.2, 0) is 14.3 Å². The second-order valence-corrected chi connectivity index (χ2v) is 8.75. The number of carbonyl (C=O) groups excluding carboxylic acids is 2. The number of hydrogen-bond donors (Lipinski definition) is 1. The molecule has 0 aliphatic heterocycles. The molecule has 0 saturated heterocycles. The molecule has 4 heteroatoms. The lowest BCUT2D eigenvalue weighted by molar-refractivity contribution is -0.160. The third-order valence-corrected chi connectivity index (χ3v) is 6.78. The van der Waals surface area contributed by atoms with E-state index in [1.54, 1.807) is 6.92 Å². The summed E-state index contributed by atoms with van der Waals surface area (Å²) in [6, 6.07) is 0. The summed E-state index contributed by atoms with van der Waals surface area (Å²) >= 11 is 0. The van der Waals surface area contributed by atoms with Crippen LogP contribution in [0.15, 0.2) is 0 Å². The third-order valence-electron chi connectivity index (χ3n) is 6.78. The molecule has 23 heavy (non-hydrogen) atoms. The Bertz CT molecular complexity index is 460. The van der Waals surface area contributed by atoms with E-state index in [1.807, 2.05) is 0 Å². The maximum Gasteiger partial charge on any atom is 0.309 e. The van der Waals surface area contributed by atoms with Crippen LogP contribution in [0.3, 0.4) is 0 Å². The van der Waals surface area contributed by atoms with E-state index in [9.17, 15) is 9.59 Å². The lowest BCUT2D eigenvalue weighted by Crippen LogP contribution is -2.61. The molecular weight excluding hydrogens is 290 g/mol. The average Bonchev–Trinajstić information content (AvgIpc) is 2.99. The van der Waals surface area contributed by atoms with E-state index >= 15 is 0 Å². The largest absolute Gasteiger partial charge is 0.452 e. The fourth-order valence-electron chi connectivity index (χ4n) is 6.11. The second-order valence-electron chi connectivity index (χ2n) is 8.75. The summed E-state index contributed by atoms with van der Waals surface area (Å²) in [6.07, 6.45) is 10.9. The van der Waals surface area contributed by atoms with E-state index < -0.39 is 6.10 Å². The molecule has 5 fully saturated rings. The summed E-state index contributed by atoms with van der Waals surface area (Å²) in [5, 5.41) is 3.30. The van der Waals surface area contributed by atoms with Crippen LogP contribution in [0, 0.1) is 23.7 Å². The summed E-state index contributed by atoms with van der Waals surface area (Å²) in [5.41, 5.74) is -0.000139. The van der Waals surface area contributed by atoms with E-state index in [1.165, 1.54) is 19.3 Å². The lowest BCUT2D eigenvalue weighted by atomic mass is 9.53. The highest BCUT2D eigenvalue weighted by Crippen LogP contribution is 2.55. The third kappa shape index (κ3) is 3.01. The van der Waals surface area contributed by atoms with E-state index in [0.717, 1.165) is 62.7 Å². The molecule has 0 spiro atoms. The average molecular weight is 319 g/mol. The number of rotatable bonds is 4. The predicted molar refractivity (Wildman–Crippen MR) is 86.6 cm³/mol. The first-order valence-electron chi connectivity index (χ1n) is 9.55. The fourth-order valence-corrected chi connectivity index (χ4v) is 6.11. The maximum absolute atomic E-state index is 12.6. The van der Waals surface area contributed by atoms with Crippen molar-refractivity contribution in [1.29, 1.82) is 0 Å². The highest BCUT2D eigenvalue weighted by Gasteiger charge is 2.51. The molecule has 5 rings (SSSR count). The van der Waals surface area contributed by atoms with Gasteiger partial charge in [0.2, 0.25) is 0 Å². The topological polar surface area (TPSA) is 55.4 Å². The van der Waals surface area contributed by atoms with Gasteiger partial charge in [-0.2, -0.15) is 0 Å². The molecule has 0 radical (unpaired) electrons. The van der Waals surface area contributed by atoms with Crippen LogP contribution >= 0.6 is 0 Å². The molecule has 0 aromatic rings. The zero-order chi connectivity index (χ0) is 16.0. The van der Waals surface area contributed by atoms with E-state index in [-0.39, 0.29) is 23.3 Å². The predicted octanol–water partition coefficient (Wildman–Crippen LogP) is 3.19. The zero-order valence-electron chi connectivity index (χ0n) is 14.2. The highest BCUT2D eigenvalue weighted by atomic mass is 16.5. The van der Waals surface area contributed by atoms with Crippen LogP contribution in [-0.4, -0.2) is 23.5 Å². The van der Waals surface area contributed by atoms with Gasteiger partial charge in [-0.05, 0) is 76.0 Å².